The first-order valence-corrected chi connectivity index (χ1v) is 5.46. The van der Waals surface area contributed by atoms with Crippen LogP contribution in [-0.4, -0.2) is 18.8 Å². The predicted molar refractivity (Wildman–Crippen MR) is 62.3 cm³/mol. The fraction of sp³-hybridized carbons (Fsp3) is 0.500. The van der Waals surface area contributed by atoms with Crippen LogP contribution in [0.25, 0.3) is 0 Å². The van der Waals surface area contributed by atoms with Crippen LogP contribution in [0.5, 0.6) is 0 Å². The first-order chi connectivity index (χ1) is 7.15. The molecule has 0 aliphatic carbocycles. The van der Waals surface area contributed by atoms with Gasteiger partial charge in [-0.15, -0.1) is 0 Å². The normalized spacial score (nSPS) is 12.8. The van der Waals surface area contributed by atoms with Gasteiger partial charge in [-0.05, 0) is 43.0 Å². The van der Waals surface area contributed by atoms with Gasteiger partial charge < -0.3 is 9.84 Å². The second-order valence-corrected chi connectivity index (χ2v) is 4.09. The van der Waals surface area contributed by atoms with E-state index in [1.807, 2.05) is 25.1 Å². The SMILES string of the molecule is COCCCC(O)c1ccc(Cl)cc1C. The summed E-state index contributed by atoms with van der Waals surface area (Å²) >= 11 is 5.85. The Morgan fingerprint density at radius 3 is 2.80 bits per heavy atom. The van der Waals surface area contributed by atoms with Gasteiger partial charge in [-0.2, -0.15) is 0 Å². The highest BCUT2D eigenvalue weighted by Gasteiger charge is 2.09. The second-order valence-electron chi connectivity index (χ2n) is 3.65. The maximum atomic E-state index is 9.92. The van der Waals surface area contributed by atoms with Gasteiger partial charge in [-0.3, -0.25) is 0 Å². The highest BCUT2D eigenvalue weighted by molar-refractivity contribution is 6.30. The van der Waals surface area contributed by atoms with Crippen molar-refractivity contribution in [1.29, 1.82) is 0 Å². The molecule has 2 nitrogen and oxygen atoms in total. The highest BCUT2D eigenvalue weighted by atomic mass is 35.5. The molecule has 3 heteroatoms. The largest absolute Gasteiger partial charge is 0.388 e. The minimum Gasteiger partial charge on any atom is -0.388 e. The summed E-state index contributed by atoms with van der Waals surface area (Å²) in [5.74, 6) is 0. The molecule has 1 N–H and O–H groups in total. The molecule has 0 aliphatic heterocycles. The molecule has 1 rings (SSSR count). The smallest absolute Gasteiger partial charge is 0.0793 e. The van der Waals surface area contributed by atoms with Gasteiger partial charge in [0.05, 0.1) is 6.10 Å². The summed E-state index contributed by atoms with van der Waals surface area (Å²) in [6, 6.07) is 5.56. The van der Waals surface area contributed by atoms with Crippen LogP contribution in [0.3, 0.4) is 0 Å². The summed E-state index contributed by atoms with van der Waals surface area (Å²) in [6.45, 7) is 2.64. The number of methoxy groups -OCH3 is 1. The standard InChI is InChI=1S/C12H17ClO2/c1-9-8-10(13)5-6-11(9)12(14)4-3-7-15-2/h5-6,8,12,14H,3-4,7H2,1-2H3. The van der Waals surface area contributed by atoms with Crippen LogP contribution >= 0.6 is 11.6 Å². The number of aliphatic hydroxyl groups is 1. The fourth-order valence-corrected chi connectivity index (χ4v) is 1.82. The van der Waals surface area contributed by atoms with E-state index < -0.39 is 6.10 Å². The Morgan fingerprint density at radius 1 is 1.47 bits per heavy atom. The van der Waals surface area contributed by atoms with E-state index in [0.717, 1.165) is 24.0 Å². The van der Waals surface area contributed by atoms with Gasteiger partial charge >= 0.3 is 0 Å². The number of hydrogen-bond acceptors (Lipinski definition) is 2. The number of ether oxygens (including phenoxy) is 1. The van der Waals surface area contributed by atoms with Gasteiger partial charge in [0.1, 0.15) is 0 Å². The van der Waals surface area contributed by atoms with Gasteiger partial charge in [0.25, 0.3) is 0 Å². The molecule has 0 radical (unpaired) electrons. The molecule has 0 bridgehead atoms. The lowest BCUT2D eigenvalue weighted by Gasteiger charge is -2.13. The van der Waals surface area contributed by atoms with Crippen molar-refractivity contribution >= 4 is 11.6 Å². The second kappa shape index (κ2) is 6.11. The zero-order valence-electron chi connectivity index (χ0n) is 9.16. The topological polar surface area (TPSA) is 29.5 Å². The van der Waals surface area contributed by atoms with Gasteiger partial charge in [0.2, 0.25) is 0 Å². The summed E-state index contributed by atoms with van der Waals surface area (Å²) in [4.78, 5) is 0. The molecule has 1 aromatic carbocycles. The molecule has 1 aromatic rings. The predicted octanol–water partition coefficient (Wildman–Crippen LogP) is 3.11. The molecule has 0 spiro atoms. The van der Waals surface area contributed by atoms with Crippen LogP contribution in [0.2, 0.25) is 5.02 Å². The zero-order chi connectivity index (χ0) is 11.3. The quantitative estimate of drug-likeness (QED) is 0.785. The van der Waals surface area contributed by atoms with E-state index in [2.05, 4.69) is 0 Å². The molecule has 1 unspecified atom stereocenters. The zero-order valence-corrected chi connectivity index (χ0v) is 9.92. The van der Waals surface area contributed by atoms with E-state index in [1.165, 1.54) is 0 Å². The van der Waals surface area contributed by atoms with Crippen molar-refractivity contribution in [2.24, 2.45) is 0 Å². The van der Waals surface area contributed by atoms with Gasteiger partial charge in [-0.25, -0.2) is 0 Å². The Bertz CT molecular complexity index is 312. The summed E-state index contributed by atoms with van der Waals surface area (Å²) in [6.07, 6.45) is 1.16. The molecular formula is C12H17ClO2. The van der Waals surface area contributed by atoms with Crippen LogP contribution < -0.4 is 0 Å². The molecule has 0 amide bonds. The molecule has 0 saturated heterocycles. The monoisotopic (exact) mass is 228 g/mol. The number of rotatable bonds is 5. The van der Waals surface area contributed by atoms with Crippen molar-refractivity contribution in [3.63, 3.8) is 0 Å². The average molecular weight is 229 g/mol. The van der Waals surface area contributed by atoms with Crippen molar-refractivity contribution < 1.29 is 9.84 Å². The summed E-state index contributed by atoms with van der Waals surface area (Å²) in [5.41, 5.74) is 1.99. The minimum atomic E-state index is -0.419. The Balaban J connectivity index is 2.61. The minimum absolute atomic E-state index is 0.419. The third-order valence-corrected chi connectivity index (χ3v) is 2.65. The Labute approximate surface area is 95.8 Å². The van der Waals surface area contributed by atoms with Crippen LogP contribution in [0.15, 0.2) is 18.2 Å². The lowest BCUT2D eigenvalue weighted by atomic mass is 10.0. The third kappa shape index (κ3) is 3.82. The van der Waals surface area contributed by atoms with Gasteiger partial charge in [-0.1, -0.05) is 17.7 Å². The Hall–Kier alpha value is -0.570. The Morgan fingerprint density at radius 2 is 2.20 bits per heavy atom. The molecular weight excluding hydrogens is 212 g/mol. The number of aliphatic hydroxyl groups excluding tert-OH is 1. The van der Waals surface area contributed by atoms with Gasteiger partial charge in [0, 0.05) is 18.7 Å². The fourth-order valence-electron chi connectivity index (χ4n) is 1.59. The lowest BCUT2D eigenvalue weighted by Crippen LogP contribution is -2.01. The van der Waals surface area contributed by atoms with Crippen LogP contribution in [0.4, 0.5) is 0 Å². The van der Waals surface area contributed by atoms with E-state index in [1.54, 1.807) is 7.11 Å². The summed E-state index contributed by atoms with van der Waals surface area (Å²) in [5, 5.41) is 10.6. The molecule has 0 aliphatic rings. The summed E-state index contributed by atoms with van der Waals surface area (Å²) < 4.78 is 4.95. The first-order valence-electron chi connectivity index (χ1n) is 5.08. The maximum absolute atomic E-state index is 9.92. The van der Waals surface area contributed by atoms with Crippen LogP contribution in [-0.2, 0) is 4.74 Å². The number of benzene rings is 1. The van der Waals surface area contributed by atoms with Crippen LogP contribution in [0, 0.1) is 6.92 Å². The first kappa shape index (κ1) is 12.5. The van der Waals surface area contributed by atoms with Crippen molar-refractivity contribution in [2.75, 3.05) is 13.7 Å². The molecule has 1 atom stereocenters. The average Bonchev–Trinajstić information content (AvgIpc) is 2.17. The van der Waals surface area contributed by atoms with E-state index in [-0.39, 0.29) is 0 Å². The van der Waals surface area contributed by atoms with Crippen LogP contribution in [0.1, 0.15) is 30.1 Å². The number of hydrogen-bond donors (Lipinski definition) is 1. The molecule has 0 fully saturated rings. The molecule has 0 saturated carbocycles. The van der Waals surface area contributed by atoms with Crippen molar-refractivity contribution in [1.82, 2.24) is 0 Å². The molecule has 0 aromatic heterocycles. The van der Waals surface area contributed by atoms with E-state index in [9.17, 15) is 5.11 Å². The van der Waals surface area contributed by atoms with Crippen molar-refractivity contribution in [3.8, 4) is 0 Å². The highest BCUT2D eigenvalue weighted by Crippen LogP contribution is 2.24. The molecule has 15 heavy (non-hydrogen) atoms. The van der Waals surface area contributed by atoms with Gasteiger partial charge in [0.15, 0.2) is 0 Å². The third-order valence-electron chi connectivity index (χ3n) is 2.42. The van der Waals surface area contributed by atoms with E-state index >= 15 is 0 Å². The maximum Gasteiger partial charge on any atom is 0.0793 e. The summed E-state index contributed by atoms with van der Waals surface area (Å²) in [7, 11) is 1.67. The Kier molecular flexibility index (Phi) is 5.09. The lowest BCUT2D eigenvalue weighted by molar-refractivity contribution is 0.136. The van der Waals surface area contributed by atoms with E-state index in [0.29, 0.717) is 11.6 Å². The molecule has 0 heterocycles. The van der Waals surface area contributed by atoms with Crippen molar-refractivity contribution in [2.45, 2.75) is 25.9 Å². The van der Waals surface area contributed by atoms with Crippen molar-refractivity contribution in [3.05, 3.63) is 34.3 Å². The number of aryl methyl sites for hydroxylation is 1. The van der Waals surface area contributed by atoms with E-state index in [4.69, 9.17) is 16.3 Å². The molecule has 84 valence electrons. The number of halogens is 1.